The average molecular weight is 249 g/mol. The van der Waals surface area contributed by atoms with E-state index in [2.05, 4.69) is 0 Å². The Kier molecular flexibility index (Phi) is 2.45. The highest BCUT2D eigenvalue weighted by Gasteiger charge is 2.53. The molecule has 1 amide bonds. The fraction of sp³-hybridized carbons (Fsp3) is 0.500. The van der Waals surface area contributed by atoms with Gasteiger partial charge in [-0.1, -0.05) is 6.07 Å². The third-order valence-electron chi connectivity index (χ3n) is 3.97. The van der Waals surface area contributed by atoms with Gasteiger partial charge < -0.3 is 10.0 Å². The van der Waals surface area contributed by atoms with Crippen molar-refractivity contribution in [2.75, 3.05) is 13.1 Å². The monoisotopic (exact) mass is 249 g/mol. The second-order valence-electron chi connectivity index (χ2n) is 5.50. The summed E-state index contributed by atoms with van der Waals surface area (Å²) in [6, 6.07) is 4.51. The Morgan fingerprint density at radius 3 is 2.67 bits per heavy atom. The van der Waals surface area contributed by atoms with Gasteiger partial charge in [0.05, 0.1) is 13.1 Å². The van der Waals surface area contributed by atoms with Crippen LogP contribution in [-0.2, 0) is 0 Å². The van der Waals surface area contributed by atoms with Crippen LogP contribution in [0.3, 0.4) is 0 Å². The van der Waals surface area contributed by atoms with Gasteiger partial charge in [-0.2, -0.15) is 0 Å². The van der Waals surface area contributed by atoms with Crippen LogP contribution in [0, 0.1) is 18.7 Å². The molecule has 0 unspecified atom stereocenters. The fourth-order valence-corrected chi connectivity index (χ4v) is 2.55. The van der Waals surface area contributed by atoms with Crippen LogP contribution < -0.4 is 0 Å². The lowest BCUT2D eigenvalue weighted by Crippen LogP contribution is -2.64. The number of nitrogens with zero attached hydrogens (tertiary/aromatic N) is 1. The second-order valence-corrected chi connectivity index (χ2v) is 5.50. The van der Waals surface area contributed by atoms with E-state index in [1.807, 2.05) is 0 Å². The predicted molar refractivity (Wildman–Crippen MR) is 64.7 cm³/mol. The number of aryl methyl sites for hydroxylation is 1. The normalized spacial score (nSPS) is 21.6. The van der Waals surface area contributed by atoms with Crippen molar-refractivity contribution in [3.63, 3.8) is 0 Å². The zero-order valence-corrected chi connectivity index (χ0v) is 10.3. The van der Waals surface area contributed by atoms with E-state index in [1.165, 1.54) is 6.07 Å². The molecule has 4 heteroatoms. The van der Waals surface area contributed by atoms with Crippen molar-refractivity contribution in [3.8, 4) is 0 Å². The molecule has 0 radical (unpaired) electrons. The molecule has 1 saturated carbocycles. The van der Waals surface area contributed by atoms with E-state index < -0.39 is 5.60 Å². The van der Waals surface area contributed by atoms with Crippen LogP contribution in [0.2, 0.25) is 0 Å². The van der Waals surface area contributed by atoms with Gasteiger partial charge in [0, 0.05) is 5.56 Å². The highest BCUT2D eigenvalue weighted by molar-refractivity contribution is 5.95. The molecule has 1 aromatic carbocycles. The molecule has 2 fully saturated rings. The summed E-state index contributed by atoms with van der Waals surface area (Å²) >= 11 is 0. The number of hydrogen-bond acceptors (Lipinski definition) is 2. The standard InChI is InChI=1S/C14H16FNO2/c1-9-2-3-10(6-12(9)15)13(17)16-7-14(18,8-16)11-4-5-11/h2-3,6,11,18H,4-5,7-8H2,1H3. The van der Waals surface area contributed by atoms with E-state index >= 15 is 0 Å². The van der Waals surface area contributed by atoms with Crippen LogP contribution in [-0.4, -0.2) is 34.6 Å². The number of aliphatic hydroxyl groups is 1. The summed E-state index contributed by atoms with van der Waals surface area (Å²) in [6.07, 6.45) is 2.11. The molecule has 1 N–H and O–H groups in total. The largest absolute Gasteiger partial charge is 0.386 e. The summed E-state index contributed by atoms with van der Waals surface area (Å²) in [4.78, 5) is 13.7. The summed E-state index contributed by atoms with van der Waals surface area (Å²) in [6.45, 7) is 2.43. The fourth-order valence-electron chi connectivity index (χ4n) is 2.55. The van der Waals surface area contributed by atoms with Crippen molar-refractivity contribution < 1.29 is 14.3 Å². The van der Waals surface area contributed by atoms with E-state index in [0.717, 1.165) is 12.8 Å². The summed E-state index contributed by atoms with van der Waals surface area (Å²) in [5.41, 5.74) is 0.208. The van der Waals surface area contributed by atoms with E-state index in [4.69, 9.17) is 0 Å². The molecule has 2 aliphatic rings. The number of carbonyl (C=O) groups excluding carboxylic acids is 1. The summed E-state index contributed by atoms with van der Waals surface area (Å²) in [5, 5.41) is 10.1. The molecule has 1 aliphatic heterocycles. The number of hydrogen-bond donors (Lipinski definition) is 1. The minimum atomic E-state index is -0.682. The Labute approximate surface area is 105 Å². The maximum atomic E-state index is 13.4. The van der Waals surface area contributed by atoms with Crippen LogP contribution in [0.5, 0.6) is 0 Å². The lowest BCUT2D eigenvalue weighted by Gasteiger charge is -2.47. The summed E-state index contributed by atoms with van der Waals surface area (Å²) in [5.74, 6) is -0.200. The van der Waals surface area contributed by atoms with Gasteiger partial charge in [-0.3, -0.25) is 4.79 Å². The first-order chi connectivity index (χ1) is 8.49. The Balaban J connectivity index is 1.70. The number of halogens is 1. The molecule has 0 atom stereocenters. The Hall–Kier alpha value is -1.42. The number of β-amino-alcohol motifs (C(OH)–C–C–N with tert-alkyl or cyclic N) is 1. The molecule has 0 bridgehead atoms. The third-order valence-corrected chi connectivity index (χ3v) is 3.97. The Bertz CT molecular complexity index is 505. The summed E-state index contributed by atoms with van der Waals surface area (Å²) < 4.78 is 13.4. The Morgan fingerprint density at radius 1 is 1.44 bits per heavy atom. The number of benzene rings is 1. The number of rotatable bonds is 2. The first-order valence-electron chi connectivity index (χ1n) is 6.27. The van der Waals surface area contributed by atoms with Crippen LogP contribution in [0.15, 0.2) is 18.2 Å². The van der Waals surface area contributed by atoms with E-state index in [-0.39, 0.29) is 11.7 Å². The molecule has 1 saturated heterocycles. The van der Waals surface area contributed by atoms with Crippen molar-refractivity contribution in [2.24, 2.45) is 5.92 Å². The van der Waals surface area contributed by atoms with Crippen LogP contribution in [0.4, 0.5) is 4.39 Å². The van der Waals surface area contributed by atoms with Crippen molar-refractivity contribution in [2.45, 2.75) is 25.4 Å². The molecule has 3 rings (SSSR count). The van der Waals surface area contributed by atoms with Gasteiger partial charge in [-0.25, -0.2) is 4.39 Å². The lowest BCUT2D eigenvalue weighted by atomic mass is 9.88. The van der Waals surface area contributed by atoms with Crippen molar-refractivity contribution >= 4 is 5.91 Å². The topological polar surface area (TPSA) is 40.5 Å². The number of carbonyl (C=O) groups is 1. The first kappa shape index (κ1) is 11.7. The SMILES string of the molecule is Cc1ccc(C(=O)N2CC(O)(C3CC3)C2)cc1F. The number of amides is 1. The van der Waals surface area contributed by atoms with Gasteiger partial charge >= 0.3 is 0 Å². The van der Waals surface area contributed by atoms with Gasteiger partial charge in [-0.15, -0.1) is 0 Å². The van der Waals surface area contributed by atoms with Crippen LogP contribution in [0.25, 0.3) is 0 Å². The van der Waals surface area contributed by atoms with Gasteiger partial charge in [0.1, 0.15) is 11.4 Å². The lowest BCUT2D eigenvalue weighted by molar-refractivity contribution is -0.0958. The Morgan fingerprint density at radius 2 is 2.11 bits per heavy atom. The third kappa shape index (κ3) is 1.81. The highest BCUT2D eigenvalue weighted by atomic mass is 19.1. The molecule has 96 valence electrons. The molecule has 1 aliphatic carbocycles. The maximum absolute atomic E-state index is 13.4. The van der Waals surface area contributed by atoms with Crippen LogP contribution >= 0.6 is 0 Å². The zero-order chi connectivity index (χ0) is 12.9. The molecule has 0 aromatic heterocycles. The van der Waals surface area contributed by atoms with Gasteiger partial charge in [0.25, 0.3) is 5.91 Å². The van der Waals surface area contributed by atoms with E-state index in [0.29, 0.717) is 30.1 Å². The minimum Gasteiger partial charge on any atom is -0.386 e. The van der Waals surface area contributed by atoms with E-state index in [9.17, 15) is 14.3 Å². The van der Waals surface area contributed by atoms with Gasteiger partial charge in [0.2, 0.25) is 0 Å². The minimum absolute atomic E-state index is 0.195. The smallest absolute Gasteiger partial charge is 0.254 e. The molecule has 1 heterocycles. The van der Waals surface area contributed by atoms with Crippen molar-refractivity contribution in [1.82, 2.24) is 4.90 Å². The van der Waals surface area contributed by atoms with Crippen molar-refractivity contribution in [1.29, 1.82) is 0 Å². The molecule has 1 aromatic rings. The predicted octanol–water partition coefficient (Wildman–Crippen LogP) is 1.73. The molecule has 3 nitrogen and oxygen atoms in total. The quantitative estimate of drug-likeness (QED) is 0.867. The maximum Gasteiger partial charge on any atom is 0.254 e. The average Bonchev–Trinajstić information content (AvgIpc) is 3.12. The van der Waals surface area contributed by atoms with E-state index in [1.54, 1.807) is 24.0 Å². The molecule has 0 spiro atoms. The summed E-state index contributed by atoms with van der Waals surface area (Å²) in [7, 11) is 0. The van der Waals surface area contributed by atoms with Crippen molar-refractivity contribution in [3.05, 3.63) is 35.1 Å². The second kappa shape index (κ2) is 3.79. The van der Waals surface area contributed by atoms with Gasteiger partial charge in [0.15, 0.2) is 0 Å². The highest BCUT2D eigenvalue weighted by Crippen LogP contribution is 2.44. The number of likely N-dealkylation sites (tertiary alicyclic amines) is 1. The molecule has 18 heavy (non-hydrogen) atoms. The van der Waals surface area contributed by atoms with Crippen LogP contribution in [0.1, 0.15) is 28.8 Å². The molecular formula is C14H16FNO2. The first-order valence-corrected chi connectivity index (χ1v) is 6.27. The van der Waals surface area contributed by atoms with Gasteiger partial charge in [-0.05, 0) is 43.4 Å². The molecular weight excluding hydrogens is 233 g/mol. The zero-order valence-electron chi connectivity index (χ0n) is 10.3.